The van der Waals surface area contributed by atoms with E-state index >= 15 is 0 Å². The molecule has 5 aromatic heterocycles. The predicted molar refractivity (Wildman–Crippen MR) is 165 cm³/mol. The van der Waals surface area contributed by atoms with Gasteiger partial charge in [0, 0.05) is 40.4 Å². The van der Waals surface area contributed by atoms with E-state index in [1.165, 1.54) is 22.7 Å². The first-order valence-corrected chi connectivity index (χ1v) is 16.8. The van der Waals surface area contributed by atoms with Crippen molar-refractivity contribution in [1.29, 1.82) is 0 Å². The van der Waals surface area contributed by atoms with Crippen LogP contribution in [0, 0.1) is 0 Å². The summed E-state index contributed by atoms with van der Waals surface area (Å²) >= 11 is 14.7. The first kappa shape index (κ1) is 27.0. The first-order valence-electron chi connectivity index (χ1n) is 11.1. The highest BCUT2D eigenvalue weighted by molar-refractivity contribution is 9.11. The minimum Gasteiger partial charge on any atom is -0.462 e. The van der Waals surface area contributed by atoms with Crippen LogP contribution in [0.3, 0.4) is 0 Å². The van der Waals surface area contributed by atoms with Crippen LogP contribution in [0.5, 0.6) is 0 Å². The van der Waals surface area contributed by atoms with Crippen LogP contribution in [-0.2, 0) is 9.47 Å². The van der Waals surface area contributed by atoms with Crippen molar-refractivity contribution in [3.05, 3.63) is 65.9 Å². The van der Waals surface area contributed by atoms with Gasteiger partial charge in [0.1, 0.15) is 9.75 Å². The average molecular weight is 715 g/mol. The summed E-state index contributed by atoms with van der Waals surface area (Å²) in [4.78, 5) is 33.0. The molecule has 0 aliphatic heterocycles. The molecule has 0 aliphatic carbocycles. The van der Waals surface area contributed by atoms with Crippen LogP contribution in [0.25, 0.3) is 40.4 Å². The molecule has 0 fully saturated rings. The first-order chi connectivity index (χ1) is 17.9. The van der Waals surface area contributed by atoms with E-state index in [0.29, 0.717) is 23.0 Å². The highest BCUT2D eigenvalue weighted by Crippen LogP contribution is 2.47. The van der Waals surface area contributed by atoms with Crippen LogP contribution in [0.1, 0.15) is 33.2 Å². The molecule has 5 heterocycles. The number of thiophene rings is 5. The van der Waals surface area contributed by atoms with Crippen LogP contribution in [0.15, 0.2) is 56.1 Å². The number of carbonyl (C=O) groups is 2. The smallest absolute Gasteiger partial charge is 0.348 e. The number of carbonyl (C=O) groups excluding carboxylic acids is 2. The molecule has 0 saturated heterocycles. The third-order valence-corrected chi connectivity index (χ3v) is 12.2. The highest BCUT2D eigenvalue weighted by Gasteiger charge is 2.24. The van der Waals surface area contributed by atoms with E-state index in [1.54, 1.807) is 34.0 Å². The number of esters is 2. The van der Waals surface area contributed by atoms with Crippen molar-refractivity contribution in [2.75, 3.05) is 13.2 Å². The zero-order chi connectivity index (χ0) is 26.1. The lowest BCUT2D eigenvalue weighted by molar-refractivity contribution is 0.0523. The second kappa shape index (κ2) is 11.6. The maximum absolute atomic E-state index is 12.9. The molecule has 4 nitrogen and oxygen atoms in total. The molecular weight excluding hydrogens is 696 g/mol. The van der Waals surface area contributed by atoms with E-state index in [9.17, 15) is 9.59 Å². The number of hydrogen-bond acceptors (Lipinski definition) is 9. The summed E-state index contributed by atoms with van der Waals surface area (Å²) in [5, 5.41) is 0. The Kier molecular flexibility index (Phi) is 8.49. The molecule has 0 aliphatic rings. The molecular formula is C26H18Br2O4S5. The monoisotopic (exact) mass is 712 g/mol. The molecule has 0 saturated carbocycles. The van der Waals surface area contributed by atoms with E-state index in [-0.39, 0.29) is 11.9 Å². The minimum absolute atomic E-state index is 0.311. The third-order valence-electron chi connectivity index (χ3n) is 5.15. The van der Waals surface area contributed by atoms with Gasteiger partial charge in [0.25, 0.3) is 0 Å². The van der Waals surface area contributed by atoms with Crippen molar-refractivity contribution in [2.45, 2.75) is 13.8 Å². The molecule has 37 heavy (non-hydrogen) atoms. The lowest BCUT2D eigenvalue weighted by atomic mass is 10.1. The molecule has 0 N–H and O–H groups in total. The zero-order valence-electron chi connectivity index (χ0n) is 19.5. The van der Waals surface area contributed by atoms with E-state index in [1.807, 2.05) is 50.2 Å². The largest absolute Gasteiger partial charge is 0.462 e. The Morgan fingerprint density at radius 1 is 0.595 bits per heavy atom. The average Bonchev–Trinajstić information content (AvgIpc) is 3.68. The fourth-order valence-electron chi connectivity index (χ4n) is 3.61. The van der Waals surface area contributed by atoms with Gasteiger partial charge in [-0.05, 0) is 94.2 Å². The van der Waals surface area contributed by atoms with Gasteiger partial charge in [0.15, 0.2) is 0 Å². The Balaban J connectivity index is 1.58. The molecule has 5 aromatic rings. The topological polar surface area (TPSA) is 52.6 Å². The Labute approximate surface area is 250 Å². The summed E-state index contributed by atoms with van der Waals surface area (Å²) in [6.07, 6.45) is 0. The number of hydrogen-bond donors (Lipinski definition) is 0. The molecule has 5 rings (SSSR count). The van der Waals surface area contributed by atoms with Crippen LogP contribution >= 0.6 is 88.5 Å². The van der Waals surface area contributed by atoms with Crippen molar-refractivity contribution in [2.24, 2.45) is 0 Å². The summed E-state index contributed by atoms with van der Waals surface area (Å²) in [5.74, 6) is -0.653. The minimum atomic E-state index is -0.326. The standard InChI is InChI=1S/C26H18Br2O4S5/c1-3-31-25(29)23-13(11-19(36-23)17-7-9-21(27)34-17)15-5-6-16(33-15)14-12-20(18-8-10-22(28)35-18)37-24(14)26(30)32-4-2/h5-12H,3-4H2,1-2H3. The summed E-state index contributed by atoms with van der Waals surface area (Å²) in [6.45, 7) is 4.24. The molecule has 0 radical (unpaired) electrons. The van der Waals surface area contributed by atoms with Crippen molar-refractivity contribution in [3.8, 4) is 40.4 Å². The molecule has 0 bridgehead atoms. The van der Waals surface area contributed by atoms with E-state index in [2.05, 4.69) is 44.0 Å². The van der Waals surface area contributed by atoms with Crippen molar-refractivity contribution in [1.82, 2.24) is 0 Å². The highest BCUT2D eigenvalue weighted by atomic mass is 79.9. The van der Waals surface area contributed by atoms with Gasteiger partial charge in [-0.1, -0.05) is 0 Å². The van der Waals surface area contributed by atoms with Crippen LogP contribution in [-0.4, -0.2) is 25.2 Å². The maximum Gasteiger partial charge on any atom is 0.348 e. The number of rotatable bonds is 8. The van der Waals surface area contributed by atoms with Crippen LogP contribution in [0.2, 0.25) is 0 Å². The number of ether oxygens (including phenoxy) is 2. The summed E-state index contributed by atoms with van der Waals surface area (Å²) < 4.78 is 12.8. The van der Waals surface area contributed by atoms with Crippen molar-refractivity contribution < 1.29 is 19.1 Å². The maximum atomic E-state index is 12.9. The summed E-state index contributed by atoms with van der Waals surface area (Å²) in [6, 6.07) is 16.2. The normalized spacial score (nSPS) is 11.1. The van der Waals surface area contributed by atoms with Gasteiger partial charge < -0.3 is 9.47 Å². The zero-order valence-corrected chi connectivity index (χ0v) is 26.7. The Bertz CT molecular complexity index is 1470. The van der Waals surface area contributed by atoms with Gasteiger partial charge in [0.05, 0.1) is 20.8 Å². The third kappa shape index (κ3) is 5.73. The van der Waals surface area contributed by atoms with Crippen LogP contribution < -0.4 is 0 Å². The lowest BCUT2D eigenvalue weighted by Gasteiger charge is -2.02. The predicted octanol–water partition coefficient (Wildman–Crippen LogP) is 10.5. The second-order valence-corrected chi connectivity index (χ2v) is 15.6. The SMILES string of the molecule is CCOC(=O)c1sc(-c2ccc(Br)s2)cc1-c1ccc(-c2cc(-c3ccc(Br)s3)sc2C(=O)OCC)s1. The van der Waals surface area contributed by atoms with Crippen molar-refractivity contribution in [3.63, 3.8) is 0 Å². The molecule has 0 unspecified atom stereocenters. The molecule has 11 heteroatoms. The quantitative estimate of drug-likeness (QED) is 0.150. The van der Waals surface area contributed by atoms with Gasteiger partial charge in [-0.3, -0.25) is 0 Å². The fraction of sp³-hybridized carbons (Fsp3) is 0.154. The van der Waals surface area contributed by atoms with Gasteiger partial charge >= 0.3 is 11.9 Å². The van der Waals surface area contributed by atoms with Gasteiger partial charge in [-0.2, -0.15) is 0 Å². The molecule has 0 spiro atoms. The van der Waals surface area contributed by atoms with E-state index < -0.39 is 0 Å². The van der Waals surface area contributed by atoms with E-state index in [0.717, 1.165) is 48.0 Å². The number of halogens is 2. The lowest BCUT2D eigenvalue weighted by Crippen LogP contribution is -2.03. The molecule has 0 atom stereocenters. The Hall–Kier alpha value is -1.60. The van der Waals surface area contributed by atoms with Gasteiger partial charge in [0.2, 0.25) is 0 Å². The molecule has 190 valence electrons. The molecule has 0 aromatic carbocycles. The fourth-order valence-corrected chi connectivity index (χ4v) is 9.86. The van der Waals surface area contributed by atoms with Gasteiger partial charge in [-0.15, -0.1) is 56.7 Å². The Morgan fingerprint density at radius 3 is 1.35 bits per heavy atom. The Morgan fingerprint density at radius 2 is 1.00 bits per heavy atom. The summed E-state index contributed by atoms with van der Waals surface area (Å²) in [5.41, 5.74) is 1.68. The van der Waals surface area contributed by atoms with Crippen LogP contribution in [0.4, 0.5) is 0 Å². The van der Waals surface area contributed by atoms with E-state index in [4.69, 9.17) is 9.47 Å². The van der Waals surface area contributed by atoms with Gasteiger partial charge in [-0.25, -0.2) is 9.59 Å². The molecule has 0 amide bonds. The second-order valence-electron chi connectivity index (χ2n) is 7.52. The summed E-state index contributed by atoms with van der Waals surface area (Å²) in [7, 11) is 0. The van der Waals surface area contributed by atoms with Crippen molar-refractivity contribution >= 4 is 100 Å².